The number of amides is 4. The van der Waals surface area contributed by atoms with E-state index in [9.17, 15) is 24.0 Å². The number of pyridine rings is 1. The highest BCUT2D eigenvalue weighted by atomic mass is 35.5. The number of halogens is 1. The van der Waals surface area contributed by atoms with E-state index in [0.29, 0.717) is 36.6 Å². The van der Waals surface area contributed by atoms with Gasteiger partial charge in [-0.1, -0.05) is 40.2 Å². The number of aromatic nitrogens is 3. The molecule has 5 heterocycles. The van der Waals surface area contributed by atoms with E-state index in [1.54, 1.807) is 64.1 Å². The summed E-state index contributed by atoms with van der Waals surface area (Å²) in [5, 5.41) is 8.90. The van der Waals surface area contributed by atoms with Crippen LogP contribution < -0.4 is 19.9 Å². The molecule has 0 bridgehead atoms. The predicted molar refractivity (Wildman–Crippen MR) is 253 cm³/mol. The predicted octanol–water partition coefficient (Wildman–Crippen LogP) is 7.02. The second-order valence-corrected chi connectivity index (χ2v) is 21.4. The van der Waals surface area contributed by atoms with Gasteiger partial charge in [-0.25, -0.2) is 19.4 Å². The average Bonchev–Trinajstić information content (AvgIpc) is 3.68. The Morgan fingerprint density at radius 3 is 2.43 bits per heavy atom. The van der Waals surface area contributed by atoms with Crippen molar-refractivity contribution in [3.05, 3.63) is 81.7 Å². The molecule has 3 aromatic heterocycles. The van der Waals surface area contributed by atoms with Gasteiger partial charge in [-0.3, -0.25) is 19.8 Å². The number of thioether (sulfide) groups is 1. The zero-order valence-corrected chi connectivity index (χ0v) is 41.4. The van der Waals surface area contributed by atoms with E-state index in [4.69, 9.17) is 35.4 Å². The Labute approximate surface area is 401 Å². The zero-order chi connectivity index (χ0) is 48.4. The van der Waals surface area contributed by atoms with E-state index in [1.807, 2.05) is 62.9 Å². The Balaban J connectivity index is 1.12. The Hall–Kier alpha value is -5.86. The average molecular weight is 981 g/mol. The number of thiazole rings is 1. The van der Waals surface area contributed by atoms with Crippen molar-refractivity contribution in [2.75, 3.05) is 31.8 Å². The smallest absolute Gasteiger partial charge is 0.413 e. The van der Waals surface area contributed by atoms with Gasteiger partial charge in [0.1, 0.15) is 61.8 Å². The summed E-state index contributed by atoms with van der Waals surface area (Å²) >= 11 is 8.89. The van der Waals surface area contributed by atoms with Crippen molar-refractivity contribution in [1.82, 2.24) is 24.7 Å². The first-order valence-corrected chi connectivity index (χ1v) is 24.0. The molecule has 3 aliphatic rings. The van der Waals surface area contributed by atoms with Gasteiger partial charge in [0.2, 0.25) is 5.52 Å². The monoisotopic (exact) mass is 979 g/mol. The van der Waals surface area contributed by atoms with Gasteiger partial charge < -0.3 is 38.6 Å². The third kappa shape index (κ3) is 12.0. The topological polar surface area (TPSA) is 196 Å². The van der Waals surface area contributed by atoms with E-state index < -0.39 is 52.1 Å². The number of methoxy groups -OCH3 is 1. The molecule has 1 aromatic carbocycles. The summed E-state index contributed by atoms with van der Waals surface area (Å²) < 4.78 is 26.2. The molecule has 0 spiro atoms. The standard InChI is InChI=1S/C46H55ClN8O10S2/c1-44(2,3)63-42(59)50-41-49-32(36(47)67-41)33(51-65-46(7)18-19-46)37(56)48-34-38(57)55-35(40(58)62-25-27-13-15-29(61-9)16-14-27)28(26-66-39(34)55)24-54-21-10-12-30-31(54)17-23-53(30)22-11-20-52(8)43(60)64-45(4,5)6/h10,12-17,21,23,34,39H,11,18-20,22,24-26H2,1-9H3,(H-,48,49,50,56,59)/p+1/b51-33+. The molecule has 0 radical (unpaired) electrons. The molecule has 1 saturated carbocycles. The molecule has 2 unspecified atom stereocenters. The number of rotatable bonds is 16. The molecule has 21 heteroatoms. The summed E-state index contributed by atoms with van der Waals surface area (Å²) in [7, 11) is 3.28. The van der Waals surface area contributed by atoms with E-state index in [0.717, 1.165) is 40.8 Å². The molecule has 67 heavy (non-hydrogen) atoms. The third-order valence-electron chi connectivity index (χ3n) is 10.8. The van der Waals surface area contributed by atoms with Crippen LogP contribution in [0.15, 0.2) is 71.3 Å². The van der Waals surface area contributed by atoms with Crippen molar-refractivity contribution in [1.29, 1.82) is 0 Å². The summed E-state index contributed by atoms with van der Waals surface area (Å²) in [5.74, 6) is -1.04. The number of esters is 1. The van der Waals surface area contributed by atoms with Crippen LogP contribution in [0, 0.1) is 0 Å². The molecule has 2 atom stereocenters. The number of oxime groups is 1. The number of anilines is 1. The molecule has 358 valence electrons. The molecule has 2 N–H and O–H groups in total. The molecule has 4 aromatic rings. The fraction of sp³-hybridized carbons (Fsp3) is 0.478. The van der Waals surface area contributed by atoms with Gasteiger partial charge in [-0.15, -0.1) is 11.8 Å². The number of benzene rings is 1. The minimum atomic E-state index is -1.07. The van der Waals surface area contributed by atoms with Crippen molar-refractivity contribution in [2.45, 2.75) is 116 Å². The fourth-order valence-corrected chi connectivity index (χ4v) is 9.48. The Bertz CT molecular complexity index is 2610. The zero-order valence-electron chi connectivity index (χ0n) is 39.0. The maximum absolute atomic E-state index is 14.3. The number of ether oxygens (including phenoxy) is 4. The lowest BCUT2D eigenvalue weighted by atomic mass is 10.0. The SMILES string of the molecule is COc1ccc(COC(=O)C2=C(C[n+]3cccc4c3ccn4CCCN(C)C(=O)OC(C)(C)C)CSC3C(NC(=O)/C(=N/OC4(C)CC4)c4nc(NC(=O)OC(C)(C)C)sc4Cl)C(=O)N23)cc1. The van der Waals surface area contributed by atoms with Crippen LogP contribution in [-0.2, 0) is 53.1 Å². The number of aryl methyl sites for hydroxylation is 1. The molecular formula is C46H56ClN8O10S2+. The lowest BCUT2D eigenvalue weighted by Gasteiger charge is -2.49. The van der Waals surface area contributed by atoms with E-state index in [2.05, 4.69) is 25.3 Å². The Morgan fingerprint density at radius 1 is 1.04 bits per heavy atom. The largest absolute Gasteiger partial charge is 0.497 e. The van der Waals surface area contributed by atoms with Gasteiger partial charge in [-0.2, -0.15) is 4.57 Å². The lowest BCUT2D eigenvalue weighted by molar-refractivity contribution is -0.663. The van der Waals surface area contributed by atoms with Gasteiger partial charge in [0.05, 0.1) is 7.11 Å². The number of carbonyl (C=O) groups is 5. The van der Waals surface area contributed by atoms with Crippen molar-refractivity contribution in [3.63, 3.8) is 0 Å². The van der Waals surface area contributed by atoms with Crippen LogP contribution in [0.1, 0.15) is 79.0 Å². The van der Waals surface area contributed by atoms with Gasteiger partial charge in [-0.05, 0) is 91.5 Å². The van der Waals surface area contributed by atoms with Crippen LogP contribution in [-0.4, -0.2) is 110 Å². The van der Waals surface area contributed by atoms with Crippen LogP contribution in [0.2, 0.25) is 4.34 Å². The molecular weight excluding hydrogens is 924 g/mol. The maximum Gasteiger partial charge on any atom is 0.413 e. The van der Waals surface area contributed by atoms with Crippen molar-refractivity contribution < 1.29 is 52.3 Å². The number of nitrogens with one attached hydrogen (secondary N) is 2. The lowest BCUT2D eigenvalue weighted by Crippen LogP contribution is -2.71. The number of fused-ring (bicyclic) bond motifs is 2. The van der Waals surface area contributed by atoms with Gasteiger partial charge in [0.25, 0.3) is 11.8 Å². The van der Waals surface area contributed by atoms with Crippen molar-refractivity contribution in [3.8, 4) is 5.75 Å². The fourth-order valence-electron chi connectivity index (χ4n) is 7.11. The molecule has 2 aliphatic heterocycles. The molecule has 7 rings (SSSR count). The summed E-state index contributed by atoms with van der Waals surface area (Å²) in [4.78, 5) is 80.8. The minimum absolute atomic E-state index is 0.0428. The first kappa shape index (κ1) is 49.1. The first-order chi connectivity index (χ1) is 31.6. The molecule has 1 saturated heterocycles. The van der Waals surface area contributed by atoms with Crippen LogP contribution in [0.5, 0.6) is 5.75 Å². The molecule has 18 nitrogen and oxygen atoms in total. The maximum atomic E-state index is 14.3. The number of hydrogen-bond donors (Lipinski definition) is 2. The van der Waals surface area contributed by atoms with E-state index in [1.165, 1.54) is 16.7 Å². The second kappa shape index (κ2) is 19.8. The van der Waals surface area contributed by atoms with Crippen molar-refractivity contribution >= 4 is 86.5 Å². The van der Waals surface area contributed by atoms with E-state index in [-0.39, 0.29) is 45.8 Å². The van der Waals surface area contributed by atoms with Gasteiger partial charge in [0, 0.05) is 49.8 Å². The van der Waals surface area contributed by atoms with Crippen LogP contribution in [0.25, 0.3) is 11.0 Å². The normalized spacial score (nSPS) is 17.9. The molecule has 2 fully saturated rings. The van der Waals surface area contributed by atoms with Crippen molar-refractivity contribution in [2.24, 2.45) is 5.16 Å². The van der Waals surface area contributed by atoms with Gasteiger partial charge >= 0.3 is 18.2 Å². The van der Waals surface area contributed by atoms with Crippen LogP contribution >= 0.6 is 34.7 Å². The summed E-state index contributed by atoms with van der Waals surface area (Å²) in [5.41, 5.74) is 1.01. The number of nitrogens with zero attached hydrogens (tertiary/aromatic N) is 6. The first-order valence-electron chi connectivity index (χ1n) is 21.7. The van der Waals surface area contributed by atoms with Gasteiger partial charge in [0.15, 0.2) is 23.6 Å². The minimum Gasteiger partial charge on any atom is -0.497 e. The highest BCUT2D eigenvalue weighted by molar-refractivity contribution is 8.00. The Kier molecular flexibility index (Phi) is 14.5. The highest BCUT2D eigenvalue weighted by Crippen LogP contribution is 2.42. The number of carbonyl (C=O) groups excluding carboxylic acids is 5. The summed E-state index contributed by atoms with van der Waals surface area (Å²) in [6, 6.07) is 12.0. The highest BCUT2D eigenvalue weighted by Gasteiger charge is 2.55. The quantitative estimate of drug-likeness (QED) is 0.0291. The number of hydrogen-bond acceptors (Lipinski definition) is 14. The summed E-state index contributed by atoms with van der Waals surface area (Å²) in [6.45, 7) is 13.8. The third-order valence-corrected chi connectivity index (χ3v) is 13.3. The molecule has 1 aliphatic carbocycles. The van der Waals surface area contributed by atoms with Crippen LogP contribution in [0.3, 0.4) is 0 Å². The second-order valence-electron chi connectivity index (χ2n) is 18.7. The Morgan fingerprint density at radius 2 is 1.76 bits per heavy atom. The molecule has 4 amide bonds. The number of β-lactam (4-membered cyclic amide) rings is 1. The van der Waals surface area contributed by atoms with Crippen LogP contribution in [0.4, 0.5) is 14.7 Å². The summed E-state index contributed by atoms with van der Waals surface area (Å²) in [6.07, 6.45) is 4.87. The van der Waals surface area contributed by atoms with E-state index >= 15 is 0 Å².